The molecule has 0 atom stereocenters. The average molecular weight is 395 g/mol. The zero-order chi connectivity index (χ0) is 19.8. The number of amides is 2. The molecule has 0 radical (unpaired) electrons. The Bertz CT molecular complexity index is 926. The lowest BCUT2D eigenvalue weighted by atomic mass is 10.1. The molecule has 0 bridgehead atoms. The Labute approximate surface area is 167 Å². The molecule has 8 heteroatoms. The average Bonchev–Trinajstić information content (AvgIpc) is 3.25. The van der Waals surface area contributed by atoms with E-state index in [1.165, 1.54) is 18.1 Å². The van der Waals surface area contributed by atoms with Crippen molar-refractivity contribution in [2.45, 2.75) is 24.3 Å². The van der Waals surface area contributed by atoms with Crippen molar-refractivity contribution in [2.75, 3.05) is 11.9 Å². The lowest BCUT2D eigenvalue weighted by Gasteiger charge is -2.11. The van der Waals surface area contributed by atoms with Crippen LogP contribution in [-0.4, -0.2) is 33.5 Å². The molecule has 0 aliphatic heterocycles. The summed E-state index contributed by atoms with van der Waals surface area (Å²) in [6.45, 7) is 2.58. The summed E-state index contributed by atoms with van der Waals surface area (Å²) in [4.78, 5) is 28.9. The van der Waals surface area contributed by atoms with E-state index in [2.05, 4.69) is 25.8 Å². The Kier molecular flexibility index (Phi) is 6.80. The molecule has 7 nitrogen and oxygen atoms in total. The van der Waals surface area contributed by atoms with E-state index in [-0.39, 0.29) is 11.8 Å². The number of H-pyrrole nitrogens is 1. The Morgan fingerprint density at radius 2 is 1.86 bits per heavy atom. The number of anilines is 1. The zero-order valence-corrected chi connectivity index (χ0v) is 16.3. The zero-order valence-electron chi connectivity index (χ0n) is 15.4. The second-order valence-electron chi connectivity index (χ2n) is 6.03. The van der Waals surface area contributed by atoms with Gasteiger partial charge in [-0.05, 0) is 36.2 Å². The molecule has 1 heterocycles. The topological polar surface area (TPSA) is 99.8 Å². The van der Waals surface area contributed by atoms with E-state index in [0.717, 1.165) is 22.9 Å². The molecule has 3 aromatic rings. The first-order valence-electron chi connectivity index (χ1n) is 8.93. The molecule has 0 fully saturated rings. The monoisotopic (exact) mass is 395 g/mol. The fraction of sp³-hybridized carbons (Fsp3) is 0.200. The van der Waals surface area contributed by atoms with E-state index in [0.29, 0.717) is 23.4 Å². The number of aromatic amines is 1. The summed E-state index contributed by atoms with van der Waals surface area (Å²) >= 11 is 1.53. The van der Waals surface area contributed by atoms with Crippen LogP contribution in [0.25, 0.3) is 0 Å². The van der Waals surface area contributed by atoms with Crippen molar-refractivity contribution in [3.8, 4) is 0 Å². The van der Waals surface area contributed by atoms with Gasteiger partial charge in [0.25, 0.3) is 11.8 Å². The van der Waals surface area contributed by atoms with Crippen molar-refractivity contribution in [2.24, 2.45) is 0 Å². The first kappa shape index (κ1) is 19.6. The third-order valence-electron chi connectivity index (χ3n) is 3.94. The van der Waals surface area contributed by atoms with Gasteiger partial charge in [-0.25, -0.2) is 4.98 Å². The highest BCUT2D eigenvalue weighted by atomic mass is 32.2. The van der Waals surface area contributed by atoms with Crippen molar-refractivity contribution in [3.63, 3.8) is 0 Å². The quantitative estimate of drug-likeness (QED) is 0.507. The van der Waals surface area contributed by atoms with Crippen LogP contribution in [0.3, 0.4) is 0 Å². The number of hydrogen-bond acceptors (Lipinski definition) is 5. The van der Waals surface area contributed by atoms with Crippen molar-refractivity contribution in [1.29, 1.82) is 0 Å². The molecule has 2 aromatic carbocycles. The smallest absolute Gasteiger partial charge is 0.255 e. The molecule has 3 N–H and O–H groups in total. The van der Waals surface area contributed by atoms with Gasteiger partial charge in [0.15, 0.2) is 5.16 Å². The summed E-state index contributed by atoms with van der Waals surface area (Å²) in [5.41, 5.74) is 2.53. The number of carbonyl (C=O) groups excluding carboxylic acids is 2. The Balaban J connectivity index is 1.64. The van der Waals surface area contributed by atoms with Crippen LogP contribution in [0, 0.1) is 0 Å². The third kappa shape index (κ3) is 5.20. The number of thioether (sulfide) groups is 1. The highest BCUT2D eigenvalue weighted by molar-refractivity contribution is 7.98. The Morgan fingerprint density at radius 3 is 2.57 bits per heavy atom. The van der Waals surface area contributed by atoms with Gasteiger partial charge in [-0.1, -0.05) is 43.0 Å². The summed E-state index contributed by atoms with van der Waals surface area (Å²) in [5, 5.41) is 13.0. The maximum absolute atomic E-state index is 12.6. The van der Waals surface area contributed by atoms with Gasteiger partial charge in [0, 0.05) is 17.9 Å². The highest BCUT2D eigenvalue weighted by Crippen LogP contribution is 2.20. The lowest BCUT2D eigenvalue weighted by molar-refractivity contribution is 0.0954. The maximum atomic E-state index is 12.6. The molecule has 28 heavy (non-hydrogen) atoms. The normalized spacial score (nSPS) is 10.5. The number of benzene rings is 2. The minimum absolute atomic E-state index is 0.197. The predicted molar refractivity (Wildman–Crippen MR) is 109 cm³/mol. The number of nitrogens with zero attached hydrogens (tertiary/aromatic N) is 2. The molecule has 0 aliphatic carbocycles. The number of nitrogens with one attached hydrogen (secondary N) is 3. The van der Waals surface area contributed by atoms with Gasteiger partial charge in [-0.15, -0.1) is 0 Å². The minimum Gasteiger partial charge on any atom is -0.352 e. The fourth-order valence-electron chi connectivity index (χ4n) is 2.49. The highest BCUT2D eigenvalue weighted by Gasteiger charge is 2.13. The first-order valence-corrected chi connectivity index (χ1v) is 9.91. The molecule has 0 saturated heterocycles. The van der Waals surface area contributed by atoms with Crippen LogP contribution in [0.2, 0.25) is 0 Å². The van der Waals surface area contributed by atoms with E-state index in [9.17, 15) is 9.59 Å². The molecule has 2 amide bonds. The number of para-hydroxylation sites is 1. The van der Waals surface area contributed by atoms with E-state index in [4.69, 9.17) is 0 Å². The van der Waals surface area contributed by atoms with Crippen LogP contribution in [0.1, 0.15) is 39.6 Å². The van der Waals surface area contributed by atoms with Crippen LogP contribution >= 0.6 is 11.8 Å². The molecule has 0 aliphatic rings. The number of carbonyl (C=O) groups is 2. The van der Waals surface area contributed by atoms with Gasteiger partial charge in [0.1, 0.15) is 6.33 Å². The van der Waals surface area contributed by atoms with E-state index in [1.54, 1.807) is 36.4 Å². The molecule has 0 unspecified atom stereocenters. The van der Waals surface area contributed by atoms with Crippen molar-refractivity contribution >= 4 is 29.3 Å². The summed E-state index contributed by atoms with van der Waals surface area (Å²) < 4.78 is 0. The van der Waals surface area contributed by atoms with Gasteiger partial charge in [0.05, 0.1) is 11.3 Å². The second kappa shape index (κ2) is 9.70. The van der Waals surface area contributed by atoms with Crippen molar-refractivity contribution < 1.29 is 9.59 Å². The summed E-state index contributed by atoms with van der Waals surface area (Å²) in [6, 6.07) is 14.3. The van der Waals surface area contributed by atoms with Crippen LogP contribution in [0.4, 0.5) is 5.69 Å². The minimum atomic E-state index is -0.259. The van der Waals surface area contributed by atoms with Gasteiger partial charge in [-0.3, -0.25) is 14.7 Å². The van der Waals surface area contributed by atoms with Crippen LogP contribution in [-0.2, 0) is 5.75 Å². The van der Waals surface area contributed by atoms with Crippen LogP contribution < -0.4 is 10.6 Å². The maximum Gasteiger partial charge on any atom is 0.255 e. The molecule has 144 valence electrons. The number of hydrogen-bond donors (Lipinski definition) is 3. The van der Waals surface area contributed by atoms with E-state index >= 15 is 0 Å². The van der Waals surface area contributed by atoms with Crippen LogP contribution in [0.5, 0.6) is 0 Å². The van der Waals surface area contributed by atoms with Gasteiger partial charge in [-0.2, -0.15) is 5.10 Å². The van der Waals surface area contributed by atoms with Gasteiger partial charge in [0.2, 0.25) is 0 Å². The first-order chi connectivity index (χ1) is 13.7. The fourth-order valence-corrected chi connectivity index (χ4v) is 3.22. The second-order valence-corrected chi connectivity index (χ2v) is 7.00. The van der Waals surface area contributed by atoms with Crippen LogP contribution in [0.15, 0.2) is 60.0 Å². The largest absolute Gasteiger partial charge is 0.352 e. The molecule has 1 aromatic heterocycles. The molecule has 0 spiro atoms. The molecule has 3 rings (SSSR count). The van der Waals surface area contributed by atoms with Gasteiger partial charge < -0.3 is 10.6 Å². The van der Waals surface area contributed by atoms with Gasteiger partial charge >= 0.3 is 0 Å². The predicted octanol–water partition coefficient (Wildman–Crippen LogP) is 3.49. The molecule has 0 saturated carbocycles. The Morgan fingerprint density at radius 1 is 1.07 bits per heavy atom. The molecular formula is C20H21N5O2S. The lowest BCUT2D eigenvalue weighted by Crippen LogP contribution is -2.25. The number of aromatic nitrogens is 3. The summed E-state index contributed by atoms with van der Waals surface area (Å²) in [6.07, 6.45) is 2.32. The standard InChI is InChI=1S/C20H21N5O2S/c1-2-11-21-19(27)16-5-3-4-6-17(16)24-18(26)15-9-7-14(8-10-15)12-28-20-22-13-23-25-20/h3-10,13H,2,11-12H2,1H3,(H,21,27)(H,24,26)(H,22,23,25). The Hall–Kier alpha value is -3.13. The molecular weight excluding hydrogens is 374 g/mol. The third-order valence-corrected chi connectivity index (χ3v) is 4.89. The number of rotatable bonds is 8. The van der Waals surface area contributed by atoms with E-state index < -0.39 is 0 Å². The van der Waals surface area contributed by atoms with Crippen molar-refractivity contribution in [3.05, 3.63) is 71.5 Å². The van der Waals surface area contributed by atoms with Crippen molar-refractivity contribution in [1.82, 2.24) is 20.5 Å². The summed E-state index contributed by atoms with van der Waals surface area (Å²) in [5.74, 6) is 0.264. The SMILES string of the molecule is CCCNC(=O)c1ccccc1NC(=O)c1ccc(CSc2ncn[nH]2)cc1. The summed E-state index contributed by atoms with van der Waals surface area (Å²) in [7, 11) is 0. The van der Waals surface area contributed by atoms with E-state index in [1.807, 2.05) is 19.1 Å².